The molecule has 0 saturated heterocycles. The van der Waals surface area contributed by atoms with E-state index in [0.29, 0.717) is 6.61 Å². The van der Waals surface area contributed by atoms with Crippen molar-refractivity contribution < 1.29 is 9.84 Å². The zero-order valence-corrected chi connectivity index (χ0v) is 6.10. The average Bonchev–Trinajstić information content (AvgIpc) is 1.94. The molecule has 9 heavy (non-hydrogen) atoms. The van der Waals surface area contributed by atoms with E-state index in [9.17, 15) is 0 Å². The Labute approximate surface area is 57.2 Å². The monoisotopic (exact) mass is 132 g/mol. The largest absolute Gasteiger partial charge is 0.394 e. The Balaban J connectivity index is 0. The van der Waals surface area contributed by atoms with Gasteiger partial charge < -0.3 is 9.84 Å². The summed E-state index contributed by atoms with van der Waals surface area (Å²) in [4.78, 5) is 0. The van der Waals surface area contributed by atoms with E-state index in [2.05, 4.69) is 13.2 Å². The second-order valence-electron chi connectivity index (χ2n) is 1.34. The van der Waals surface area contributed by atoms with E-state index in [1.807, 2.05) is 6.92 Å². The molecule has 0 unspecified atom stereocenters. The molecule has 0 fully saturated rings. The molecule has 0 amide bonds. The van der Waals surface area contributed by atoms with Crippen LogP contribution in [0.4, 0.5) is 0 Å². The van der Waals surface area contributed by atoms with E-state index in [-0.39, 0.29) is 6.61 Å². The van der Waals surface area contributed by atoms with Gasteiger partial charge >= 0.3 is 0 Å². The summed E-state index contributed by atoms with van der Waals surface area (Å²) >= 11 is 0. The minimum atomic E-state index is 0.139. The van der Waals surface area contributed by atoms with Gasteiger partial charge in [-0.3, -0.25) is 0 Å². The van der Waals surface area contributed by atoms with E-state index in [0.717, 1.165) is 13.0 Å². The van der Waals surface area contributed by atoms with Crippen LogP contribution in [0.5, 0.6) is 0 Å². The molecule has 2 nitrogen and oxygen atoms in total. The zero-order chi connectivity index (χ0) is 7.54. The second-order valence-corrected chi connectivity index (χ2v) is 1.34. The first-order valence-electron chi connectivity index (χ1n) is 3.10. The molecule has 0 atom stereocenters. The highest BCUT2D eigenvalue weighted by molar-refractivity contribution is 4.24. The Morgan fingerprint density at radius 1 is 1.33 bits per heavy atom. The summed E-state index contributed by atoms with van der Waals surface area (Å²) in [5, 5.41) is 8.17. The fourth-order valence-electron chi connectivity index (χ4n) is 0.311. The van der Waals surface area contributed by atoms with Crippen LogP contribution in [-0.2, 0) is 4.74 Å². The predicted octanol–water partition coefficient (Wildman–Crippen LogP) is 1.21. The highest BCUT2D eigenvalue weighted by Gasteiger charge is 1.78. The quantitative estimate of drug-likeness (QED) is 0.460. The number of hydrogen-bond acceptors (Lipinski definition) is 2. The summed E-state index contributed by atoms with van der Waals surface area (Å²) in [5.74, 6) is 0. The normalized spacial score (nSPS) is 7.78. The summed E-state index contributed by atoms with van der Waals surface area (Å²) in [6.45, 7) is 9.42. The van der Waals surface area contributed by atoms with Gasteiger partial charge in [0.1, 0.15) is 0 Å². The second kappa shape index (κ2) is 15.6. The maximum atomic E-state index is 8.17. The van der Waals surface area contributed by atoms with Gasteiger partial charge in [-0.15, -0.1) is 13.2 Å². The van der Waals surface area contributed by atoms with Crippen molar-refractivity contribution in [3.05, 3.63) is 13.2 Å². The lowest BCUT2D eigenvalue weighted by molar-refractivity contribution is 0.0928. The molecule has 56 valence electrons. The molecule has 0 aliphatic heterocycles. The van der Waals surface area contributed by atoms with Crippen LogP contribution < -0.4 is 0 Å². The van der Waals surface area contributed by atoms with Crippen molar-refractivity contribution in [1.82, 2.24) is 0 Å². The summed E-state index contributed by atoms with van der Waals surface area (Å²) in [6, 6.07) is 0. The van der Waals surface area contributed by atoms with Crippen LogP contribution >= 0.6 is 0 Å². The van der Waals surface area contributed by atoms with Gasteiger partial charge in [0.05, 0.1) is 13.2 Å². The number of rotatable bonds is 4. The molecule has 0 aromatic heterocycles. The average molecular weight is 132 g/mol. The van der Waals surface area contributed by atoms with E-state index in [1.54, 1.807) is 0 Å². The van der Waals surface area contributed by atoms with Gasteiger partial charge in [-0.05, 0) is 6.42 Å². The van der Waals surface area contributed by atoms with Crippen LogP contribution in [0.25, 0.3) is 0 Å². The predicted molar refractivity (Wildman–Crippen MR) is 39.4 cm³/mol. The molecule has 2 heteroatoms. The van der Waals surface area contributed by atoms with E-state index in [4.69, 9.17) is 9.84 Å². The smallest absolute Gasteiger partial charge is 0.0697 e. The van der Waals surface area contributed by atoms with Crippen molar-refractivity contribution in [1.29, 1.82) is 0 Å². The lowest BCUT2D eigenvalue weighted by Gasteiger charge is -1.94. The van der Waals surface area contributed by atoms with Gasteiger partial charge in [0.25, 0.3) is 0 Å². The fourth-order valence-corrected chi connectivity index (χ4v) is 0.311. The maximum absolute atomic E-state index is 8.17. The van der Waals surface area contributed by atoms with E-state index < -0.39 is 0 Å². The summed E-state index contributed by atoms with van der Waals surface area (Å²) in [7, 11) is 0. The highest BCUT2D eigenvalue weighted by Crippen LogP contribution is 1.76. The minimum Gasteiger partial charge on any atom is -0.394 e. The SMILES string of the molecule is C=C.CCCOCCO. The molecule has 0 radical (unpaired) electrons. The van der Waals surface area contributed by atoms with Crippen molar-refractivity contribution in [2.45, 2.75) is 13.3 Å². The van der Waals surface area contributed by atoms with Gasteiger partial charge in [0, 0.05) is 6.61 Å². The molecule has 0 bridgehead atoms. The highest BCUT2D eigenvalue weighted by atomic mass is 16.5. The van der Waals surface area contributed by atoms with Gasteiger partial charge in [-0.2, -0.15) is 0 Å². The van der Waals surface area contributed by atoms with Crippen molar-refractivity contribution >= 4 is 0 Å². The Hall–Kier alpha value is -0.340. The molecule has 0 aliphatic carbocycles. The summed E-state index contributed by atoms with van der Waals surface area (Å²) in [5.41, 5.74) is 0. The van der Waals surface area contributed by atoms with Crippen molar-refractivity contribution in [3.8, 4) is 0 Å². The zero-order valence-electron chi connectivity index (χ0n) is 6.10. The van der Waals surface area contributed by atoms with E-state index >= 15 is 0 Å². The van der Waals surface area contributed by atoms with Crippen LogP contribution in [0.3, 0.4) is 0 Å². The first-order chi connectivity index (χ1) is 4.41. The third-order valence-corrected chi connectivity index (χ3v) is 0.584. The Kier molecular flexibility index (Phi) is 19.9. The third kappa shape index (κ3) is 18.3. The Bertz CT molecular complexity index is 33.9. The molecule has 0 heterocycles. The molecule has 1 N–H and O–H groups in total. The fraction of sp³-hybridized carbons (Fsp3) is 0.714. The lowest BCUT2D eigenvalue weighted by atomic mass is 10.5. The molecule has 0 saturated carbocycles. The minimum absolute atomic E-state index is 0.139. The molecular formula is C7H16O2. The first kappa shape index (κ1) is 11.5. The van der Waals surface area contributed by atoms with Crippen molar-refractivity contribution in [3.63, 3.8) is 0 Å². The molecule has 0 rings (SSSR count). The van der Waals surface area contributed by atoms with E-state index in [1.165, 1.54) is 0 Å². The van der Waals surface area contributed by atoms with Crippen LogP contribution in [0, 0.1) is 0 Å². The Morgan fingerprint density at radius 2 is 1.89 bits per heavy atom. The lowest BCUT2D eigenvalue weighted by Crippen LogP contribution is -1.98. The van der Waals surface area contributed by atoms with Crippen molar-refractivity contribution in [2.75, 3.05) is 19.8 Å². The first-order valence-corrected chi connectivity index (χ1v) is 3.10. The van der Waals surface area contributed by atoms with Crippen molar-refractivity contribution in [2.24, 2.45) is 0 Å². The number of aliphatic hydroxyl groups excluding tert-OH is 1. The van der Waals surface area contributed by atoms with Gasteiger partial charge in [-0.25, -0.2) is 0 Å². The van der Waals surface area contributed by atoms with Crippen LogP contribution in [0.2, 0.25) is 0 Å². The van der Waals surface area contributed by atoms with Gasteiger partial charge in [0.2, 0.25) is 0 Å². The van der Waals surface area contributed by atoms with Gasteiger partial charge in [0.15, 0.2) is 0 Å². The van der Waals surface area contributed by atoms with Crippen LogP contribution in [0.1, 0.15) is 13.3 Å². The number of hydrogen-bond donors (Lipinski definition) is 1. The Morgan fingerprint density at radius 3 is 2.22 bits per heavy atom. The third-order valence-electron chi connectivity index (χ3n) is 0.584. The van der Waals surface area contributed by atoms with Crippen LogP contribution in [-0.4, -0.2) is 24.9 Å². The molecular weight excluding hydrogens is 116 g/mol. The van der Waals surface area contributed by atoms with Gasteiger partial charge in [-0.1, -0.05) is 6.92 Å². The number of aliphatic hydroxyl groups is 1. The van der Waals surface area contributed by atoms with Crippen LogP contribution in [0.15, 0.2) is 13.2 Å². The standard InChI is InChI=1S/C5H12O2.C2H4/c1-2-4-7-5-3-6;1-2/h6H,2-5H2,1H3;1-2H2. The topological polar surface area (TPSA) is 29.5 Å². The molecule has 0 aromatic rings. The summed E-state index contributed by atoms with van der Waals surface area (Å²) in [6.07, 6.45) is 1.03. The number of ether oxygens (including phenoxy) is 1. The summed E-state index contributed by atoms with van der Waals surface area (Å²) < 4.78 is 4.88. The molecule has 0 spiro atoms. The molecule has 0 aliphatic rings. The molecule has 0 aromatic carbocycles. The maximum Gasteiger partial charge on any atom is 0.0697 e.